The number of nitrogens with one attached hydrogen (secondary N) is 2. The van der Waals surface area contributed by atoms with Crippen LogP contribution in [0.15, 0.2) is 24.4 Å². The number of ether oxygens (including phenoxy) is 1. The van der Waals surface area contributed by atoms with Gasteiger partial charge in [-0.3, -0.25) is 29.6 Å². The Bertz CT molecular complexity index is 1380. The molecule has 6 rings (SSSR count). The van der Waals surface area contributed by atoms with Crippen molar-refractivity contribution in [2.45, 2.75) is 39.3 Å². The lowest BCUT2D eigenvalue weighted by Gasteiger charge is -2.28. The number of nitrogens with zero attached hydrogens (tertiary/aromatic N) is 3. The minimum atomic E-state index is -0.363. The predicted octanol–water partition coefficient (Wildman–Crippen LogP) is 3.43. The Kier molecular flexibility index (Phi) is 5.29. The molecule has 3 aliphatic rings. The van der Waals surface area contributed by atoms with E-state index in [2.05, 4.69) is 15.3 Å². The number of aromatic amines is 1. The average molecular weight is 510 g/mol. The van der Waals surface area contributed by atoms with Crippen molar-refractivity contribution in [1.29, 1.82) is 0 Å². The Morgan fingerprint density at radius 2 is 2.06 bits per heavy atom. The normalized spacial score (nSPS) is 25.9. The van der Waals surface area contributed by atoms with Gasteiger partial charge in [-0.25, -0.2) is 0 Å². The van der Waals surface area contributed by atoms with E-state index in [0.29, 0.717) is 24.5 Å². The molecule has 3 aromatic heterocycles. The fourth-order valence-electron chi connectivity index (χ4n) is 5.79. The minimum Gasteiger partial charge on any atom is -0.375 e. The number of hydrogen-bond acceptors (Lipinski definition) is 8. The SMILES string of the molecule is CC(c1[nH]c(-c2ccnc3cc(CN4C(=O)C5C(C4=O)C5(C)C)sc23)cc1[N+](=O)[O-])[C@@H]1CNCCO1. The first-order valence-electron chi connectivity index (χ1n) is 12.1. The van der Waals surface area contributed by atoms with E-state index in [1.165, 1.54) is 16.2 Å². The first-order valence-corrected chi connectivity index (χ1v) is 12.9. The maximum atomic E-state index is 12.8. The predicted molar refractivity (Wildman–Crippen MR) is 133 cm³/mol. The fraction of sp³-hybridized carbons (Fsp3) is 0.480. The number of fused-ring (bicyclic) bond motifs is 2. The number of piperidine rings is 1. The lowest BCUT2D eigenvalue weighted by atomic mass is 9.99. The van der Waals surface area contributed by atoms with Crippen molar-refractivity contribution in [3.8, 4) is 11.3 Å². The number of imide groups is 1. The molecule has 0 radical (unpaired) electrons. The summed E-state index contributed by atoms with van der Waals surface area (Å²) >= 11 is 1.45. The summed E-state index contributed by atoms with van der Waals surface area (Å²) in [6, 6.07) is 5.29. The van der Waals surface area contributed by atoms with Gasteiger partial charge < -0.3 is 15.0 Å². The second kappa shape index (κ2) is 8.19. The van der Waals surface area contributed by atoms with Crippen molar-refractivity contribution >= 4 is 39.1 Å². The van der Waals surface area contributed by atoms with E-state index in [4.69, 9.17) is 4.74 Å². The van der Waals surface area contributed by atoms with E-state index in [1.807, 2.05) is 32.9 Å². The van der Waals surface area contributed by atoms with Crippen LogP contribution in [0, 0.1) is 27.4 Å². The number of likely N-dealkylation sites (tertiary alicyclic amines) is 1. The van der Waals surface area contributed by atoms with Crippen LogP contribution in [0.3, 0.4) is 0 Å². The van der Waals surface area contributed by atoms with Crippen LogP contribution in [0.1, 0.15) is 37.3 Å². The number of morpholine rings is 1. The van der Waals surface area contributed by atoms with Crippen LogP contribution in [0.2, 0.25) is 0 Å². The van der Waals surface area contributed by atoms with Crippen molar-refractivity contribution in [2.75, 3.05) is 19.7 Å². The minimum absolute atomic E-state index is 0.0310. The third kappa shape index (κ3) is 3.48. The van der Waals surface area contributed by atoms with Crippen LogP contribution in [-0.4, -0.2) is 57.4 Å². The van der Waals surface area contributed by atoms with Gasteiger partial charge in [0.2, 0.25) is 11.8 Å². The zero-order chi connectivity index (χ0) is 25.4. The van der Waals surface area contributed by atoms with Crippen molar-refractivity contribution < 1.29 is 19.2 Å². The van der Waals surface area contributed by atoms with Crippen molar-refractivity contribution in [1.82, 2.24) is 20.2 Å². The molecule has 1 saturated carbocycles. The number of aromatic nitrogens is 2. The van der Waals surface area contributed by atoms with E-state index in [-0.39, 0.29) is 58.2 Å². The van der Waals surface area contributed by atoms with Gasteiger partial charge in [-0.15, -0.1) is 11.3 Å². The summed E-state index contributed by atoms with van der Waals surface area (Å²) in [6.45, 7) is 8.06. The molecule has 2 aliphatic heterocycles. The summed E-state index contributed by atoms with van der Waals surface area (Å²) in [6.07, 6.45) is 1.50. The zero-order valence-electron chi connectivity index (χ0n) is 20.2. The van der Waals surface area contributed by atoms with Gasteiger partial charge in [0, 0.05) is 41.7 Å². The number of carbonyl (C=O) groups is 2. The first-order chi connectivity index (χ1) is 17.2. The van der Waals surface area contributed by atoms with Gasteiger partial charge in [0.25, 0.3) is 5.69 Å². The van der Waals surface area contributed by atoms with E-state index in [1.54, 1.807) is 12.3 Å². The van der Waals surface area contributed by atoms with Crippen LogP contribution in [0.25, 0.3) is 21.5 Å². The molecule has 1 aliphatic carbocycles. The monoisotopic (exact) mass is 509 g/mol. The van der Waals surface area contributed by atoms with Crippen LogP contribution < -0.4 is 5.32 Å². The van der Waals surface area contributed by atoms with Crippen molar-refractivity contribution in [3.05, 3.63) is 45.1 Å². The summed E-state index contributed by atoms with van der Waals surface area (Å²) in [4.78, 5) is 47.1. The van der Waals surface area contributed by atoms with Gasteiger partial charge in [-0.2, -0.15) is 0 Å². The van der Waals surface area contributed by atoms with Crippen LogP contribution in [-0.2, 0) is 20.9 Å². The van der Waals surface area contributed by atoms with Crippen LogP contribution in [0.5, 0.6) is 0 Å². The van der Waals surface area contributed by atoms with Crippen molar-refractivity contribution in [2.24, 2.45) is 17.3 Å². The Labute approximate surface area is 211 Å². The molecule has 3 fully saturated rings. The Morgan fingerprint density at radius 3 is 2.72 bits per heavy atom. The fourth-order valence-corrected chi connectivity index (χ4v) is 6.92. The number of nitro groups is 1. The Hall–Kier alpha value is -3.15. The molecule has 0 bridgehead atoms. The molecule has 2 N–H and O–H groups in total. The molecule has 0 aromatic carbocycles. The smallest absolute Gasteiger partial charge is 0.290 e. The number of hydrogen-bond donors (Lipinski definition) is 2. The average Bonchev–Trinajstić information content (AvgIpc) is 3.25. The highest BCUT2D eigenvalue weighted by Crippen LogP contribution is 2.63. The molecule has 11 heteroatoms. The summed E-state index contributed by atoms with van der Waals surface area (Å²) in [5.74, 6) is -0.823. The molecule has 10 nitrogen and oxygen atoms in total. The standard InChI is InChI=1S/C25H27N5O5S/c1-12(18-10-26-6-7-35-18)21-17(30(33)34)9-15(28-21)14-4-5-27-16-8-13(36-22(14)16)11-29-23(31)19-20(24(29)32)25(19,2)3/h4-5,8-9,12,18-20,26,28H,6-7,10-11H2,1-3H3/t12?,18-,19?,20?/m0/s1. The highest BCUT2D eigenvalue weighted by atomic mass is 32.1. The largest absolute Gasteiger partial charge is 0.375 e. The molecule has 3 unspecified atom stereocenters. The summed E-state index contributed by atoms with van der Waals surface area (Å²) < 4.78 is 6.70. The molecule has 2 amide bonds. The highest BCUT2D eigenvalue weighted by Gasteiger charge is 2.72. The molecular formula is C25H27N5O5S. The topological polar surface area (TPSA) is 130 Å². The second-order valence-corrected chi connectivity index (χ2v) is 11.6. The molecule has 3 aromatic rings. The third-order valence-electron chi connectivity index (χ3n) is 7.95. The second-order valence-electron chi connectivity index (χ2n) is 10.5. The zero-order valence-corrected chi connectivity index (χ0v) is 21.1. The van der Waals surface area contributed by atoms with Crippen LogP contribution >= 0.6 is 11.3 Å². The number of amides is 2. The first kappa shape index (κ1) is 23.3. The van der Waals surface area contributed by atoms with E-state index < -0.39 is 0 Å². The molecule has 4 atom stereocenters. The van der Waals surface area contributed by atoms with Gasteiger partial charge in [0.05, 0.1) is 57.6 Å². The lowest BCUT2D eigenvalue weighted by Crippen LogP contribution is -2.41. The summed E-state index contributed by atoms with van der Waals surface area (Å²) in [5, 5.41) is 15.2. The highest BCUT2D eigenvalue weighted by molar-refractivity contribution is 7.19. The van der Waals surface area contributed by atoms with Crippen molar-refractivity contribution in [3.63, 3.8) is 0 Å². The van der Waals surface area contributed by atoms with Crippen LogP contribution in [0.4, 0.5) is 5.69 Å². The lowest BCUT2D eigenvalue weighted by molar-refractivity contribution is -0.385. The third-order valence-corrected chi connectivity index (χ3v) is 9.09. The maximum absolute atomic E-state index is 12.8. The molecular weight excluding hydrogens is 482 g/mol. The number of H-pyrrole nitrogens is 1. The van der Waals surface area contributed by atoms with Gasteiger partial charge in [-0.1, -0.05) is 20.8 Å². The van der Waals surface area contributed by atoms with Gasteiger partial charge >= 0.3 is 0 Å². The quantitative estimate of drug-likeness (QED) is 0.296. The summed E-state index contributed by atoms with van der Waals surface area (Å²) in [7, 11) is 0. The Balaban J connectivity index is 1.32. The molecule has 188 valence electrons. The molecule has 5 heterocycles. The van der Waals surface area contributed by atoms with E-state index >= 15 is 0 Å². The van der Waals surface area contributed by atoms with E-state index in [0.717, 1.165) is 27.2 Å². The summed E-state index contributed by atoms with van der Waals surface area (Å²) in [5.41, 5.74) is 2.47. The van der Waals surface area contributed by atoms with E-state index in [9.17, 15) is 19.7 Å². The number of pyridine rings is 1. The van der Waals surface area contributed by atoms with Gasteiger partial charge in [0.1, 0.15) is 0 Å². The Morgan fingerprint density at radius 1 is 1.31 bits per heavy atom. The van der Waals surface area contributed by atoms with Gasteiger partial charge in [0.15, 0.2) is 0 Å². The number of thiophene rings is 1. The molecule has 0 spiro atoms. The van der Waals surface area contributed by atoms with Gasteiger partial charge in [-0.05, 0) is 17.5 Å². The number of carbonyl (C=O) groups excluding carboxylic acids is 2. The number of rotatable bonds is 6. The molecule has 36 heavy (non-hydrogen) atoms. The molecule has 2 saturated heterocycles. The maximum Gasteiger partial charge on any atom is 0.290 e.